The summed E-state index contributed by atoms with van der Waals surface area (Å²) in [6.07, 6.45) is 6.94. The van der Waals surface area contributed by atoms with Crippen molar-refractivity contribution < 1.29 is 9.53 Å². The fraction of sp³-hybridized carbons (Fsp3) is 0.611. The third kappa shape index (κ3) is 3.06. The molecule has 2 amide bonds. The third-order valence-electron chi connectivity index (χ3n) is 5.09. The highest BCUT2D eigenvalue weighted by Gasteiger charge is 2.29. The van der Waals surface area contributed by atoms with E-state index in [1.807, 2.05) is 11.0 Å². The van der Waals surface area contributed by atoms with Crippen molar-refractivity contribution in [3.63, 3.8) is 0 Å². The number of carbonyl (C=O) groups excluding carboxylic acids is 1. The Hall–Kier alpha value is -1.71. The smallest absolute Gasteiger partial charge is 0.318 e. The molecule has 22 heavy (non-hydrogen) atoms. The standard InChI is InChI=1S/C18H26N2O2/c1-13-17-12-16(22-2)9-8-14(17)10-11-20(13)18(21)19-15-6-4-3-5-7-15/h8-9,12-13,15H,3-7,10-11H2,1-2H3,(H,19,21). The van der Waals surface area contributed by atoms with Gasteiger partial charge in [-0.05, 0) is 49.4 Å². The Morgan fingerprint density at radius 3 is 2.77 bits per heavy atom. The molecule has 2 aliphatic rings. The summed E-state index contributed by atoms with van der Waals surface area (Å²) in [5, 5.41) is 3.23. The normalized spacial score (nSPS) is 22.1. The van der Waals surface area contributed by atoms with Crippen LogP contribution in [-0.2, 0) is 6.42 Å². The van der Waals surface area contributed by atoms with Gasteiger partial charge in [0.2, 0.25) is 0 Å². The summed E-state index contributed by atoms with van der Waals surface area (Å²) in [4.78, 5) is 14.6. The average Bonchev–Trinajstić information content (AvgIpc) is 2.56. The lowest BCUT2D eigenvalue weighted by molar-refractivity contribution is 0.167. The summed E-state index contributed by atoms with van der Waals surface area (Å²) in [7, 11) is 1.68. The van der Waals surface area contributed by atoms with Gasteiger partial charge in [0.1, 0.15) is 5.75 Å². The van der Waals surface area contributed by atoms with Crippen molar-refractivity contribution in [2.45, 2.75) is 57.5 Å². The number of hydrogen-bond acceptors (Lipinski definition) is 2. The summed E-state index contributed by atoms with van der Waals surface area (Å²) in [6.45, 7) is 2.90. The number of hydrogen-bond donors (Lipinski definition) is 1. The molecule has 1 aromatic rings. The van der Waals surface area contributed by atoms with Gasteiger partial charge in [-0.2, -0.15) is 0 Å². The SMILES string of the molecule is COc1ccc2c(c1)C(C)N(C(=O)NC1CCCCC1)CC2. The zero-order valence-electron chi connectivity index (χ0n) is 13.6. The van der Waals surface area contributed by atoms with Gasteiger partial charge >= 0.3 is 6.03 Å². The third-order valence-corrected chi connectivity index (χ3v) is 5.09. The first-order chi connectivity index (χ1) is 10.7. The average molecular weight is 302 g/mol. The molecular weight excluding hydrogens is 276 g/mol. The lowest BCUT2D eigenvalue weighted by atomic mass is 9.93. The lowest BCUT2D eigenvalue weighted by Gasteiger charge is -2.37. The summed E-state index contributed by atoms with van der Waals surface area (Å²) in [5.41, 5.74) is 2.54. The van der Waals surface area contributed by atoms with Gasteiger partial charge in [-0.1, -0.05) is 25.3 Å². The van der Waals surface area contributed by atoms with Gasteiger partial charge < -0.3 is 15.0 Å². The highest BCUT2D eigenvalue weighted by molar-refractivity contribution is 5.75. The molecular formula is C18H26N2O2. The Kier molecular flexibility index (Phi) is 4.55. The zero-order valence-corrected chi connectivity index (χ0v) is 13.6. The second-order valence-electron chi connectivity index (χ2n) is 6.47. The van der Waals surface area contributed by atoms with E-state index in [1.54, 1.807) is 7.11 Å². The molecule has 4 nitrogen and oxygen atoms in total. The van der Waals surface area contributed by atoms with Crippen molar-refractivity contribution in [1.82, 2.24) is 10.2 Å². The monoisotopic (exact) mass is 302 g/mol. The molecule has 1 aliphatic heterocycles. The zero-order chi connectivity index (χ0) is 15.5. The van der Waals surface area contributed by atoms with Crippen LogP contribution >= 0.6 is 0 Å². The Bertz CT molecular complexity index is 538. The van der Waals surface area contributed by atoms with Crippen LogP contribution in [0, 0.1) is 0 Å². The Balaban J connectivity index is 1.71. The maximum absolute atomic E-state index is 12.6. The molecule has 1 aliphatic carbocycles. The molecule has 1 fully saturated rings. The van der Waals surface area contributed by atoms with Gasteiger partial charge in [0, 0.05) is 12.6 Å². The molecule has 1 N–H and O–H groups in total. The number of amides is 2. The van der Waals surface area contributed by atoms with E-state index in [0.717, 1.165) is 31.6 Å². The fourth-order valence-electron chi connectivity index (χ4n) is 3.70. The first-order valence-electron chi connectivity index (χ1n) is 8.43. The maximum atomic E-state index is 12.6. The number of fused-ring (bicyclic) bond motifs is 1. The Morgan fingerprint density at radius 1 is 1.27 bits per heavy atom. The Labute approximate surface area is 132 Å². The first kappa shape index (κ1) is 15.2. The van der Waals surface area contributed by atoms with Crippen molar-refractivity contribution in [3.05, 3.63) is 29.3 Å². The molecule has 1 atom stereocenters. The molecule has 0 saturated heterocycles. The number of ether oxygens (including phenoxy) is 1. The van der Waals surface area contributed by atoms with Crippen molar-refractivity contribution in [2.24, 2.45) is 0 Å². The molecule has 120 valence electrons. The van der Waals surface area contributed by atoms with E-state index in [2.05, 4.69) is 24.4 Å². The van der Waals surface area contributed by atoms with Crippen molar-refractivity contribution in [1.29, 1.82) is 0 Å². The molecule has 1 heterocycles. The second-order valence-corrected chi connectivity index (χ2v) is 6.47. The first-order valence-corrected chi connectivity index (χ1v) is 8.43. The van der Waals surface area contributed by atoms with Crippen molar-refractivity contribution in [2.75, 3.05) is 13.7 Å². The van der Waals surface area contributed by atoms with Crippen LogP contribution < -0.4 is 10.1 Å². The molecule has 1 unspecified atom stereocenters. The summed E-state index contributed by atoms with van der Waals surface area (Å²) >= 11 is 0. The highest BCUT2D eigenvalue weighted by atomic mass is 16.5. The number of nitrogens with zero attached hydrogens (tertiary/aromatic N) is 1. The van der Waals surface area contributed by atoms with E-state index in [1.165, 1.54) is 30.4 Å². The van der Waals surface area contributed by atoms with Gasteiger partial charge in [-0.25, -0.2) is 4.79 Å². The van der Waals surface area contributed by atoms with Gasteiger partial charge in [0.05, 0.1) is 13.2 Å². The largest absolute Gasteiger partial charge is 0.497 e. The van der Waals surface area contributed by atoms with E-state index < -0.39 is 0 Å². The fourth-order valence-corrected chi connectivity index (χ4v) is 3.70. The minimum atomic E-state index is 0.0906. The van der Waals surface area contributed by atoms with Crippen LogP contribution in [0.2, 0.25) is 0 Å². The van der Waals surface area contributed by atoms with E-state index in [0.29, 0.717) is 6.04 Å². The molecule has 0 aromatic heterocycles. The molecule has 3 rings (SSSR count). The second kappa shape index (κ2) is 6.59. The van der Waals surface area contributed by atoms with Crippen LogP contribution in [0.3, 0.4) is 0 Å². The number of urea groups is 1. The molecule has 0 spiro atoms. The van der Waals surface area contributed by atoms with Crippen LogP contribution in [0.1, 0.15) is 56.2 Å². The van der Waals surface area contributed by atoms with Crippen LogP contribution in [0.15, 0.2) is 18.2 Å². The van der Waals surface area contributed by atoms with Crippen molar-refractivity contribution >= 4 is 6.03 Å². The predicted molar refractivity (Wildman–Crippen MR) is 87.2 cm³/mol. The van der Waals surface area contributed by atoms with E-state index in [9.17, 15) is 4.79 Å². The maximum Gasteiger partial charge on any atom is 0.318 e. The van der Waals surface area contributed by atoms with Crippen LogP contribution in [0.4, 0.5) is 4.79 Å². The molecule has 1 saturated carbocycles. The highest BCUT2D eigenvalue weighted by Crippen LogP contribution is 2.32. The summed E-state index contributed by atoms with van der Waals surface area (Å²) < 4.78 is 5.33. The van der Waals surface area contributed by atoms with E-state index >= 15 is 0 Å². The lowest BCUT2D eigenvalue weighted by Crippen LogP contribution is -2.48. The van der Waals surface area contributed by atoms with Crippen LogP contribution in [0.25, 0.3) is 0 Å². The number of benzene rings is 1. The molecule has 4 heteroatoms. The van der Waals surface area contributed by atoms with E-state index in [-0.39, 0.29) is 12.1 Å². The number of rotatable bonds is 2. The van der Waals surface area contributed by atoms with Gasteiger partial charge in [-0.3, -0.25) is 0 Å². The number of methoxy groups -OCH3 is 1. The number of nitrogens with one attached hydrogen (secondary N) is 1. The minimum Gasteiger partial charge on any atom is -0.497 e. The topological polar surface area (TPSA) is 41.6 Å². The molecule has 1 aromatic carbocycles. The van der Waals surface area contributed by atoms with Gasteiger partial charge in [0.25, 0.3) is 0 Å². The van der Waals surface area contributed by atoms with Gasteiger partial charge in [-0.15, -0.1) is 0 Å². The Morgan fingerprint density at radius 2 is 2.05 bits per heavy atom. The van der Waals surface area contributed by atoms with Crippen LogP contribution in [-0.4, -0.2) is 30.6 Å². The summed E-state index contributed by atoms with van der Waals surface area (Å²) in [5.74, 6) is 0.861. The van der Waals surface area contributed by atoms with Crippen molar-refractivity contribution in [3.8, 4) is 5.75 Å². The molecule has 0 bridgehead atoms. The van der Waals surface area contributed by atoms with Crippen LogP contribution in [0.5, 0.6) is 5.75 Å². The predicted octanol–water partition coefficient (Wildman–Crippen LogP) is 3.66. The number of carbonyl (C=O) groups is 1. The molecule has 0 radical (unpaired) electrons. The van der Waals surface area contributed by atoms with Gasteiger partial charge in [0.15, 0.2) is 0 Å². The summed E-state index contributed by atoms with van der Waals surface area (Å²) in [6, 6.07) is 6.75. The quantitative estimate of drug-likeness (QED) is 0.906. The minimum absolute atomic E-state index is 0.0906. The van der Waals surface area contributed by atoms with E-state index in [4.69, 9.17) is 4.74 Å².